The molecule has 4 heteroatoms. The summed E-state index contributed by atoms with van der Waals surface area (Å²) in [7, 11) is 0. The quantitative estimate of drug-likeness (QED) is 0.580. The van der Waals surface area contributed by atoms with Crippen molar-refractivity contribution in [2.45, 2.75) is 24.3 Å². The third-order valence-corrected chi connectivity index (χ3v) is 3.36. The highest BCUT2D eigenvalue weighted by molar-refractivity contribution is 7.99. The third kappa shape index (κ3) is 4.94. The number of carbonyl (C=O) groups is 1. The van der Waals surface area contributed by atoms with E-state index in [-0.39, 0.29) is 0 Å². The van der Waals surface area contributed by atoms with Gasteiger partial charge in [-0.2, -0.15) is 0 Å². The Bertz CT molecular complexity index is 387. The molecule has 0 radical (unpaired) electrons. The average molecular weight is 266 g/mol. The summed E-state index contributed by atoms with van der Waals surface area (Å²) in [5.41, 5.74) is 0.971. The van der Waals surface area contributed by atoms with E-state index in [2.05, 4.69) is 6.58 Å². The molecule has 1 aromatic rings. The number of ether oxygens (including phenoxy) is 1. The van der Waals surface area contributed by atoms with E-state index in [1.54, 1.807) is 18.7 Å². The number of aliphatic carboxylic acids is 1. The number of thioether (sulfide) groups is 1. The van der Waals surface area contributed by atoms with Crippen LogP contribution in [0.5, 0.6) is 0 Å². The summed E-state index contributed by atoms with van der Waals surface area (Å²) in [5.74, 6) is -0.0438. The molecule has 0 heterocycles. The van der Waals surface area contributed by atoms with Crippen LogP contribution in [0.25, 0.3) is 0 Å². The molecule has 0 saturated carbocycles. The first kappa shape index (κ1) is 14.8. The number of hydrogen-bond donors (Lipinski definition) is 1. The molecule has 1 rings (SSSR count). The van der Waals surface area contributed by atoms with E-state index in [1.807, 2.05) is 30.3 Å². The number of carboxylic acid groups (broad SMARTS) is 1. The summed E-state index contributed by atoms with van der Waals surface area (Å²) < 4.78 is 5.18. The number of benzene rings is 1. The van der Waals surface area contributed by atoms with E-state index >= 15 is 0 Å². The molecule has 0 amide bonds. The largest absolute Gasteiger partial charge is 0.479 e. The van der Waals surface area contributed by atoms with Gasteiger partial charge >= 0.3 is 5.97 Å². The van der Waals surface area contributed by atoms with Crippen LogP contribution in [-0.4, -0.2) is 29.5 Å². The van der Waals surface area contributed by atoms with Crippen LogP contribution in [0, 0.1) is 0 Å². The Morgan fingerprint density at radius 1 is 1.50 bits per heavy atom. The lowest BCUT2D eigenvalue weighted by atomic mass is 10.1. The van der Waals surface area contributed by atoms with Gasteiger partial charge in [-0.3, -0.25) is 0 Å². The lowest BCUT2D eigenvalue weighted by Gasteiger charge is -2.12. The Kier molecular flexibility index (Phi) is 6.54. The topological polar surface area (TPSA) is 46.5 Å². The zero-order valence-corrected chi connectivity index (χ0v) is 11.3. The van der Waals surface area contributed by atoms with Crippen LogP contribution >= 0.6 is 11.8 Å². The molecule has 98 valence electrons. The summed E-state index contributed by atoms with van der Waals surface area (Å²) >= 11 is 1.70. The molecule has 0 aliphatic heterocycles. The molecule has 0 aliphatic carbocycles. The van der Waals surface area contributed by atoms with Crippen LogP contribution < -0.4 is 0 Å². The van der Waals surface area contributed by atoms with Crippen LogP contribution in [0.3, 0.4) is 0 Å². The molecule has 0 fully saturated rings. The van der Waals surface area contributed by atoms with Gasteiger partial charge in [0, 0.05) is 23.7 Å². The van der Waals surface area contributed by atoms with E-state index < -0.39 is 12.1 Å². The van der Waals surface area contributed by atoms with Gasteiger partial charge in [0.15, 0.2) is 6.10 Å². The van der Waals surface area contributed by atoms with Crippen molar-refractivity contribution in [3.8, 4) is 0 Å². The summed E-state index contributed by atoms with van der Waals surface area (Å²) in [6.07, 6.45) is 1.49. The fourth-order valence-corrected chi connectivity index (χ4v) is 2.15. The molecule has 3 nitrogen and oxygen atoms in total. The monoisotopic (exact) mass is 266 g/mol. The Morgan fingerprint density at radius 3 is 2.67 bits per heavy atom. The molecule has 0 bridgehead atoms. The molecule has 0 spiro atoms. The summed E-state index contributed by atoms with van der Waals surface area (Å²) in [6.45, 7) is 5.87. The molecular weight excluding hydrogens is 248 g/mol. The van der Waals surface area contributed by atoms with Gasteiger partial charge in [0.05, 0.1) is 0 Å². The van der Waals surface area contributed by atoms with Crippen molar-refractivity contribution < 1.29 is 14.6 Å². The number of rotatable bonds is 8. The van der Waals surface area contributed by atoms with Crippen LogP contribution in [0.2, 0.25) is 0 Å². The van der Waals surface area contributed by atoms with E-state index in [1.165, 1.54) is 0 Å². The highest BCUT2D eigenvalue weighted by atomic mass is 32.2. The first-order valence-electron chi connectivity index (χ1n) is 5.84. The van der Waals surface area contributed by atoms with Gasteiger partial charge in [-0.1, -0.05) is 18.2 Å². The lowest BCUT2D eigenvalue weighted by molar-refractivity contribution is -0.149. The van der Waals surface area contributed by atoms with Crippen LogP contribution in [0.1, 0.15) is 12.5 Å². The van der Waals surface area contributed by atoms with Gasteiger partial charge in [0.1, 0.15) is 0 Å². The van der Waals surface area contributed by atoms with Gasteiger partial charge in [0.2, 0.25) is 0 Å². The maximum absolute atomic E-state index is 11.0. The summed E-state index contributed by atoms with van der Waals surface area (Å²) in [5, 5.41) is 9.00. The molecule has 1 unspecified atom stereocenters. The van der Waals surface area contributed by atoms with Crippen molar-refractivity contribution in [2.75, 3.05) is 12.4 Å². The molecule has 18 heavy (non-hydrogen) atoms. The SMILES string of the molecule is C=CCSc1ccc(CC(OCC)C(=O)O)cc1. The van der Waals surface area contributed by atoms with Crippen molar-refractivity contribution in [3.63, 3.8) is 0 Å². The standard InChI is InChI=1S/C14H18O3S/c1-3-9-18-12-7-5-11(6-8-12)10-13(14(15)16)17-4-2/h3,5-8,13H,1,4,9-10H2,2H3,(H,15,16). The Hall–Kier alpha value is -1.26. The summed E-state index contributed by atoms with van der Waals surface area (Å²) in [4.78, 5) is 12.1. The Labute approximate surface area is 112 Å². The molecule has 0 aromatic heterocycles. The fraction of sp³-hybridized carbons (Fsp3) is 0.357. The Morgan fingerprint density at radius 2 is 2.17 bits per heavy atom. The van der Waals surface area contributed by atoms with E-state index in [0.29, 0.717) is 13.0 Å². The zero-order chi connectivity index (χ0) is 13.4. The van der Waals surface area contributed by atoms with Crippen molar-refractivity contribution >= 4 is 17.7 Å². The number of carboxylic acids is 1. The number of hydrogen-bond acceptors (Lipinski definition) is 3. The summed E-state index contributed by atoms with van der Waals surface area (Å²) in [6, 6.07) is 7.88. The minimum atomic E-state index is -0.915. The first-order valence-corrected chi connectivity index (χ1v) is 6.83. The first-order chi connectivity index (χ1) is 8.67. The second kappa shape index (κ2) is 7.95. The van der Waals surface area contributed by atoms with Gasteiger partial charge in [-0.15, -0.1) is 18.3 Å². The normalized spacial score (nSPS) is 12.1. The molecule has 1 atom stereocenters. The highest BCUT2D eigenvalue weighted by Crippen LogP contribution is 2.19. The molecule has 0 aliphatic rings. The zero-order valence-electron chi connectivity index (χ0n) is 10.5. The molecule has 1 aromatic carbocycles. The van der Waals surface area contributed by atoms with Gasteiger partial charge in [0.25, 0.3) is 0 Å². The van der Waals surface area contributed by atoms with Gasteiger partial charge in [-0.25, -0.2) is 4.79 Å². The van der Waals surface area contributed by atoms with Crippen LogP contribution in [-0.2, 0) is 16.0 Å². The minimum absolute atomic E-state index is 0.398. The smallest absolute Gasteiger partial charge is 0.333 e. The maximum Gasteiger partial charge on any atom is 0.333 e. The lowest BCUT2D eigenvalue weighted by Crippen LogP contribution is -2.26. The maximum atomic E-state index is 11.0. The second-order valence-electron chi connectivity index (χ2n) is 3.73. The van der Waals surface area contributed by atoms with Crippen LogP contribution in [0.4, 0.5) is 0 Å². The third-order valence-electron chi connectivity index (χ3n) is 2.36. The van der Waals surface area contributed by atoms with Crippen molar-refractivity contribution in [1.29, 1.82) is 0 Å². The van der Waals surface area contributed by atoms with Crippen molar-refractivity contribution in [3.05, 3.63) is 42.5 Å². The molecule has 1 N–H and O–H groups in total. The van der Waals surface area contributed by atoms with Gasteiger partial charge < -0.3 is 9.84 Å². The minimum Gasteiger partial charge on any atom is -0.479 e. The van der Waals surface area contributed by atoms with Crippen LogP contribution in [0.15, 0.2) is 41.8 Å². The molecule has 0 saturated heterocycles. The highest BCUT2D eigenvalue weighted by Gasteiger charge is 2.17. The van der Waals surface area contributed by atoms with Crippen molar-refractivity contribution in [2.24, 2.45) is 0 Å². The van der Waals surface area contributed by atoms with E-state index in [4.69, 9.17) is 9.84 Å². The molecular formula is C14H18O3S. The predicted octanol–water partition coefficient (Wildman–Crippen LogP) is 3.00. The van der Waals surface area contributed by atoms with E-state index in [9.17, 15) is 4.79 Å². The second-order valence-corrected chi connectivity index (χ2v) is 4.82. The fourth-order valence-electron chi connectivity index (χ4n) is 1.51. The predicted molar refractivity (Wildman–Crippen MR) is 74.1 cm³/mol. The van der Waals surface area contributed by atoms with E-state index in [0.717, 1.165) is 16.2 Å². The Balaban J connectivity index is 2.61. The van der Waals surface area contributed by atoms with Crippen molar-refractivity contribution in [1.82, 2.24) is 0 Å². The average Bonchev–Trinajstić information content (AvgIpc) is 2.37. The van der Waals surface area contributed by atoms with Gasteiger partial charge in [-0.05, 0) is 24.6 Å².